The molecule has 1 aliphatic heterocycles. The molecule has 0 atom stereocenters. The highest BCUT2D eigenvalue weighted by Crippen LogP contribution is 2.63. The SMILES string of the molecule is C1=CC(c2cccc3c2Oc2ccccc2C32c3ccccc3-c3ccccc32)=C(c2nc(-c3ccccc3)cc(-c3cc4c5c(cccc5c3)CC=C4)n2)CC1. The van der Waals surface area contributed by atoms with E-state index < -0.39 is 5.41 Å². The van der Waals surface area contributed by atoms with Crippen LogP contribution in [-0.2, 0) is 11.8 Å². The van der Waals surface area contributed by atoms with Crippen LogP contribution in [0.4, 0.5) is 0 Å². The Morgan fingerprint density at radius 2 is 1.21 bits per heavy atom. The van der Waals surface area contributed by atoms with E-state index in [2.05, 4.69) is 182 Å². The molecular weight excluding hydrogens is 693 g/mol. The van der Waals surface area contributed by atoms with Gasteiger partial charge in [0.2, 0.25) is 0 Å². The molecule has 0 radical (unpaired) electrons. The molecule has 0 unspecified atom stereocenters. The van der Waals surface area contributed by atoms with Crippen molar-refractivity contribution in [2.24, 2.45) is 0 Å². The van der Waals surface area contributed by atoms with Crippen molar-refractivity contribution in [1.82, 2.24) is 9.97 Å². The van der Waals surface area contributed by atoms with E-state index in [1.165, 1.54) is 49.7 Å². The first-order chi connectivity index (χ1) is 28.3. The normalized spacial score (nSPS) is 15.2. The zero-order valence-electron chi connectivity index (χ0n) is 31.2. The molecule has 1 spiro atoms. The van der Waals surface area contributed by atoms with Crippen molar-refractivity contribution < 1.29 is 4.74 Å². The van der Waals surface area contributed by atoms with Crippen LogP contribution in [0, 0.1) is 0 Å². The lowest BCUT2D eigenvalue weighted by atomic mass is 9.65. The van der Waals surface area contributed by atoms with Gasteiger partial charge in [0.1, 0.15) is 11.5 Å². The van der Waals surface area contributed by atoms with E-state index in [4.69, 9.17) is 14.7 Å². The topological polar surface area (TPSA) is 35.0 Å². The summed E-state index contributed by atoms with van der Waals surface area (Å²) in [6.07, 6.45) is 11.8. The predicted octanol–water partition coefficient (Wildman–Crippen LogP) is 13.3. The number of benzene rings is 7. The van der Waals surface area contributed by atoms with Crippen LogP contribution in [0.3, 0.4) is 0 Å². The quantitative estimate of drug-likeness (QED) is 0.181. The van der Waals surface area contributed by atoms with Gasteiger partial charge in [0, 0.05) is 33.4 Å². The molecule has 12 rings (SSSR count). The van der Waals surface area contributed by atoms with Crippen molar-refractivity contribution in [2.45, 2.75) is 24.7 Å². The van der Waals surface area contributed by atoms with Crippen molar-refractivity contribution in [1.29, 1.82) is 0 Å². The van der Waals surface area contributed by atoms with Gasteiger partial charge in [-0.25, -0.2) is 9.97 Å². The highest BCUT2D eigenvalue weighted by molar-refractivity contribution is 6.00. The first-order valence-electron chi connectivity index (χ1n) is 19.9. The number of nitrogens with zero attached hydrogens (tertiary/aromatic N) is 2. The first kappa shape index (κ1) is 32.2. The van der Waals surface area contributed by atoms with Crippen LogP contribution >= 0.6 is 0 Å². The summed E-state index contributed by atoms with van der Waals surface area (Å²) in [7, 11) is 0. The number of hydrogen-bond acceptors (Lipinski definition) is 3. The van der Waals surface area contributed by atoms with Gasteiger partial charge < -0.3 is 4.74 Å². The van der Waals surface area contributed by atoms with Gasteiger partial charge in [0.15, 0.2) is 5.82 Å². The molecule has 0 saturated carbocycles. The average molecular weight is 729 g/mol. The average Bonchev–Trinajstić information content (AvgIpc) is 3.57. The maximum atomic E-state index is 7.12. The van der Waals surface area contributed by atoms with Gasteiger partial charge >= 0.3 is 0 Å². The van der Waals surface area contributed by atoms with E-state index in [1.807, 2.05) is 0 Å². The summed E-state index contributed by atoms with van der Waals surface area (Å²) >= 11 is 0. The summed E-state index contributed by atoms with van der Waals surface area (Å²) in [5, 5.41) is 2.58. The Kier molecular flexibility index (Phi) is 7.03. The van der Waals surface area contributed by atoms with E-state index >= 15 is 0 Å². The smallest absolute Gasteiger partial charge is 0.157 e. The number of ether oxygens (including phenoxy) is 1. The Hall–Kier alpha value is -7.10. The van der Waals surface area contributed by atoms with Crippen LogP contribution in [-0.4, -0.2) is 9.97 Å². The molecule has 2 heterocycles. The van der Waals surface area contributed by atoms with Gasteiger partial charge in [-0.1, -0.05) is 158 Å². The minimum Gasteiger partial charge on any atom is -0.456 e. The summed E-state index contributed by atoms with van der Waals surface area (Å²) in [6, 6.07) is 57.0. The number of aromatic nitrogens is 2. The van der Waals surface area contributed by atoms with E-state index in [0.29, 0.717) is 0 Å². The van der Waals surface area contributed by atoms with Crippen molar-refractivity contribution in [2.75, 3.05) is 0 Å². The monoisotopic (exact) mass is 728 g/mol. The molecule has 8 aromatic rings. The van der Waals surface area contributed by atoms with Crippen LogP contribution < -0.4 is 4.74 Å². The van der Waals surface area contributed by atoms with Gasteiger partial charge in [-0.15, -0.1) is 0 Å². The van der Waals surface area contributed by atoms with Crippen LogP contribution in [0.15, 0.2) is 176 Å². The molecule has 0 amide bonds. The summed E-state index contributed by atoms with van der Waals surface area (Å²) in [5.74, 6) is 2.52. The number of para-hydroxylation sites is 2. The molecule has 4 aliphatic rings. The minimum absolute atomic E-state index is 0.534. The highest BCUT2D eigenvalue weighted by atomic mass is 16.5. The second-order valence-electron chi connectivity index (χ2n) is 15.5. The van der Waals surface area contributed by atoms with E-state index in [9.17, 15) is 0 Å². The Balaban J connectivity index is 1.10. The number of rotatable bonds is 4. The molecule has 3 heteroatoms. The van der Waals surface area contributed by atoms with E-state index in [0.717, 1.165) is 81.4 Å². The maximum absolute atomic E-state index is 7.12. The standard InChI is InChI=1S/C54H36N2O/c1-2-15-34(16-3-1)48-33-49(38-31-36-19-12-17-35-18-13-20-37(32-38)51(35)36)56-53(55-48)43-24-5-4-21-39(43)42-25-14-29-47-52(42)57-50-30-11-10-28-46(50)54(47)44-26-8-6-22-40(44)41-23-7-9-27-45(41)54/h1-4,6-17,19-23,25-33H,5,18,24H2. The third-order valence-corrected chi connectivity index (χ3v) is 12.4. The summed E-state index contributed by atoms with van der Waals surface area (Å²) in [6.45, 7) is 0. The molecule has 0 fully saturated rings. The van der Waals surface area contributed by atoms with Crippen molar-refractivity contribution in [3.8, 4) is 45.1 Å². The Labute approximate surface area is 332 Å². The molecule has 7 aromatic carbocycles. The van der Waals surface area contributed by atoms with Gasteiger partial charge in [-0.2, -0.15) is 0 Å². The number of fused-ring (bicyclic) bond motifs is 9. The highest BCUT2D eigenvalue weighted by Gasteiger charge is 2.51. The molecule has 57 heavy (non-hydrogen) atoms. The second-order valence-corrected chi connectivity index (χ2v) is 15.5. The number of hydrogen-bond donors (Lipinski definition) is 0. The molecular formula is C54H36N2O. The van der Waals surface area contributed by atoms with Crippen molar-refractivity contribution in [3.63, 3.8) is 0 Å². The van der Waals surface area contributed by atoms with Crippen LogP contribution in [0.25, 0.3) is 61.6 Å². The van der Waals surface area contributed by atoms with Crippen LogP contribution in [0.2, 0.25) is 0 Å². The van der Waals surface area contributed by atoms with Gasteiger partial charge in [0.05, 0.1) is 16.8 Å². The van der Waals surface area contributed by atoms with Crippen LogP contribution in [0.1, 0.15) is 57.6 Å². The Morgan fingerprint density at radius 1 is 0.526 bits per heavy atom. The fourth-order valence-corrected chi connectivity index (χ4v) is 10.0. The molecule has 3 aliphatic carbocycles. The molecule has 3 nitrogen and oxygen atoms in total. The van der Waals surface area contributed by atoms with Crippen LogP contribution in [0.5, 0.6) is 11.5 Å². The molecule has 0 saturated heterocycles. The first-order valence-corrected chi connectivity index (χ1v) is 19.9. The Bertz CT molecular complexity index is 3030. The molecule has 0 N–H and O–H groups in total. The fourth-order valence-electron chi connectivity index (χ4n) is 10.0. The Morgan fingerprint density at radius 3 is 2.04 bits per heavy atom. The lowest BCUT2D eigenvalue weighted by molar-refractivity contribution is 0.435. The van der Waals surface area contributed by atoms with Gasteiger partial charge in [-0.05, 0) is 93.3 Å². The van der Waals surface area contributed by atoms with Gasteiger partial charge in [-0.3, -0.25) is 0 Å². The lowest BCUT2D eigenvalue weighted by Crippen LogP contribution is -2.32. The van der Waals surface area contributed by atoms with Crippen molar-refractivity contribution in [3.05, 3.63) is 221 Å². The fraction of sp³-hybridized carbons (Fsp3) is 0.0741. The third-order valence-electron chi connectivity index (χ3n) is 12.4. The molecule has 268 valence electrons. The predicted molar refractivity (Wildman–Crippen MR) is 232 cm³/mol. The maximum Gasteiger partial charge on any atom is 0.157 e. The second kappa shape index (κ2) is 12.5. The minimum atomic E-state index is -0.534. The van der Waals surface area contributed by atoms with Crippen molar-refractivity contribution >= 4 is 28.0 Å². The zero-order chi connectivity index (χ0) is 37.5. The summed E-state index contributed by atoms with van der Waals surface area (Å²) in [5.41, 5.74) is 16.8. The lowest BCUT2D eigenvalue weighted by Gasteiger charge is -2.40. The van der Waals surface area contributed by atoms with E-state index in [-0.39, 0.29) is 0 Å². The molecule has 1 aromatic heterocycles. The zero-order valence-corrected chi connectivity index (χ0v) is 31.2. The third kappa shape index (κ3) is 4.72. The largest absolute Gasteiger partial charge is 0.456 e. The van der Waals surface area contributed by atoms with Gasteiger partial charge in [0.25, 0.3) is 0 Å². The van der Waals surface area contributed by atoms with E-state index in [1.54, 1.807) is 0 Å². The molecule has 0 bridgehead atoms. The summed E-state index contributed by atoms with van der Waals surface area (Å²) < 4.78 is 7.12. The summed E-state index contributed by atoms with van der Waals surface area (Å²) in [4.78, 5) is 10.8. The number of allylic oxidation sites excluding steroid dienone is 5.